The highest BCUT2D eigenvalue weighted by Gasteiger charge is 2.27. The van der Waals surface area contributed by atoms with Crippen LogP contribution in [0.5, 0.6) is 0 Å². The van der Waals surface area contributed by atoms with Gasteiger partial charge in [0.2, 0.25) is 11.9 Å². The molecule has 1 aromatic heterocycles. The predicted octanol–water partition coefficient (Wildman–Crippen LogP) is 4.14. The summed E-state index contributed by atoms with van der Waals surface area (Å²) in [6.07, 6.45) is 5.31. The Bertz CT molecular complexity index is 1040. The molecule has 1 aliphatic heterocycles. The summed E-state index contributed by atoms with van der Waals surface area (Å²) in [4.78, 5) is 26.3. The fourth-order valence-corrected chi connectivity index (χ4v) is 4.32. The van der Waals surface area contributed by atoms with Gasteiger partial charge in [0.05, 0.1) is 5.92 Å². The molecule has 0 bridgehead atoms. The fourth-order valence-electron chi connectivity index (χ4n) is 4.32. The van der Waals surface area contributed by atoms with E-state index in [4.69, 9.17) is 0 Å². The lowest BCUT2D eigenvalue weighted by molar-refractivity contribution is -0.125. The summed E-state index contributed by atoms with van der Waals surface area (Å²) in [5.74, 6) is 0.391. The van der Waals surface area contributed by atoms with Gasteiger partial charge in [0.15, 0.2) is 0 Å². The first kappa shape index (κ1) is 23.8. The third-order valence-electron chi connectivity index (χ3n) is 6.31. The molecular weight excluding hydrogens is 429 g/mol. The van der Waals surface area contributed by atoms with Gasteiger partial charge in [0.25, 0.3) is 0 Å². The standard InChI is InChI=1S/C27H32FN5O/c1-2-32(19-21-7-4-3-5-8-21)16-14-29-26(34)23-9-6-15-33(20-23)27-30-17-24(18-31-27)22-10-12-25(28)13-11-22/h3-5,7-8,10-13,17-18,23H,2,6,9,14-16,19-20H2,1H3,(H,29,34). The molecule has 0 saturated carbocycles. The zero-order valence-corrected chi connectivity index (χ0v) is 19.7. The van der Waals surface area contributed by atoms with Gasteiger partial charge < -0.3 is 10.2 Å². The van der Waals surface area contributed by atoms with Crippen molar-refractivity contribution >= 4 is 11.9 Å². The topological polar surface area (TPSA) is 61.4 Å². The second kappa shape index (κ2) is 11.7. The quantitative estimate of drug-likeness (QED) is 0.519. The lowest BCUT2D eigenvalue weighted by Crippen LogP contribution is -2.45. The van der Waals surface area contributed by atoms with Crippen LogP contribution in [0.3, 0.4) is 0 Å². The molecule has 6 nitrogen and oxygen atoms in total. The Kier molecular flexibility index (Phi) is 8.20. The van der Waals surface area contributed by atoms with E-state index in [1.54, 1.807) is 24.5 Å². The van der Waals surface area contributed by atoms with E-state index in [1.165, 1.54) is 17.7 Å². The minimum absolute atomic E-state index is 0.0710. The predicted molar refractivity (Wildman–Crippen MR) is 133 cm³/mol. The maximum Gasteiger partial charge on any atom is 0.225 e. The second-order valence-corrected chi connectivity index (χ2v) is 8.71. The van der Waals surface area contributed by atoms with Gasteiger partial charge in [-0.15, -0.1) is 0 Å². The van der Waals surface area contributed by atoms with E-state index in [-0.39, 0.29) is 17.6 Å². The molecule has 1 saturated heterocycles. The second-order valence-electron chi connectivity index (χ2n) is 8.71. The Balaban J connectivity index is 1.27. The van der Waals surface area contributed by atoms with E-state index in [2.05, 4.69) is 56.3 Å². The molecule has 1 aliphatic rings. The Labute approximate surface area is 200 Å². The maximum atomic E-state index is 13.2. The Morgan fingerprint density at radius 3 is 2.53 bits per heavy atom. The number of carbonyl (C=O) groups excluding carboxylic acids is 1. The van der Waals surface area contributed by atoms with Crippen LogP contribution in [0.4, 0.5) is 10.3 Å². The molecule has 1 fully saturated rings. The minimum atomic E-state index is -0.266. The Morgan fingerprint density at radius 2 is 1.82 bits per heavy atom. The van der Waals surface area contributed by atoms with Crippen molar-refractivity contribution in [1.82, 2.24) is 20.2 Å². The number of carbonyl (C=O) groups is 1. The molecule has 34 heavy (non-hydrogen) atoms. The average molecular weight is 462 g/mol. The fraction of sp³-hybridized carbons (Fsp3) is 0.370. The first-order valence-electron chi connectivity index (χ1n) is 12.0. The molecule has 0 radical (unpaired) electrons. The highest BCUT2D eigenvalue weighted by atomic mass is 19.1. The summed E-state index contributed by atoms with van der Waals surface area (Å²) in [6.45, 7) is 6.87. The van der Waals surface area contributed by atoms with Crippen LogP contribution >= 0.6 is 0 Å². The van der Waals surface area contributed by atoms with Crippen molar-refractivity contribution in [1.29, 1.82) is 0 Å². The molecule has 4 rings (SSSR count). The Hall–Kier alpha value is -3.32. The monoisotopic (exact) mass is 461 g/mol. The summed E-state index contributed by atoms with van der Waals surface area (Å²) < 4.78 is 13.2. The summed E-state index contributed by atoms with van der Waals surface area (Å²) in [5.41, 5.74) is 2.99. The number of benzene rings is 2. The maximum absolute atomic E-state index is 13.2. The lowest BCUT2D eigenvalue weighted by atomic mass is 9.97. The highest BCUT2D eigenvalue weighted by Crippen LogP contribution is 2.23. The molecule has 2 heterocycles. The van der Waals surface area contributed by atoms with Crippen molar-refractivity contribution in [3.8, 4) is 11.1 Å². The number of aromatic nitrogens is 2. The summed E-state index contributed by atoms with van der Waals surface area (Å²) >= 11 is 0. The molecule has 7 heteroatoms. The number of hydrogen-bond acceptors (Lipinski definition) is 5. The molecule has 0 spiro atoms. The van der Waals surface area contributed by atoms with E-state index in [0.29, 0.717) is 19.0 Å². The van der Waals surface area contributed by atoms with Crippen LogP contribution in [0.15, 0.2) is 67.0 Å². The Morgan fingerprint density at radius 1 is 1.09 bits per heavy atom. The number of anilines is 1. The van der Waals surface area contributed by atoms with Crippen molar-refractivity contribution in [2.75, 3.05) is 37.6 Å². The normalized spacial score (nSPS) is 16.0. The first-order chi connectivity index (χ1) is 16.6. The lowest BCUT2D eigenvalue weighted by Gasteiger charge is -2.32. The van der Waals surface area contributed by atoms with Gasteiger partial charge in [0, 0.05) is 50.7 Å². The van der Waals surface area contributed by atoms with E-state index >= 15 is 0 Å². The highest BCUT2D eigenvalue weighted by molar-refractivity contribution is 5.79. The van der Waals surface area contributed by atoms with Gasteiger partial charge in [-0.3, -0.25) is 9.69 Å². The van der Waals surface area contributed by atoms with Crippen LogP contribution in [0.25, 0.3) is 11.1 Å². The molecule has 1 unspecified atom stereocenters. The minimum Gasteiger partial charge on any atom is -0.355 e. The van der Waals surface area contributed by atoms with Crippen molar-refractivity contribution in [2.45, 2.75) is 26.3 Å². The van der Waals surface area contributed by atoms with Crippen molar-refractivity contribution in [2.24, 2.45) is 5.92 Å². The van der Waals surface area contributed by atoms with Crippen molar-refractivity contribution in [3.05, 3.63) is 78.4 Å². The van der Waals surface area contributed by atoms with Gasteiger partial charge in [-0.2, -0.15) is 0 Å². The van der Waals surface area contributed by atoms with Crippen LogP contribution < -0.4 is 10.2 Å². The third kappa shape index (κ3) is 6.38. The molecular formula is C27H32FN5O. The van der Waals surface area contributed by atoms with Crippen LogP contribution in [0.1, 0.15) is 25.3 Å². The van der Waals surface area contributed by atoms with Gasteiger partial charge >= 0.3 is 0 Å². The number of nitrogens with zero attached hydrogens (tertiary/aromatic N) is 4. The number of likely N-dealkylation sites (N-methyl/N-ethyl adjacent to an activating group) is 1. The molecule has 1 amide bonds. The molecule has 3 aromatic rings. The number of amides is 1. The first-order valence-corrected chi connectivity index (χ1v) is 12.0. The van der Waals surface area contributed by atoms with E-state index < -0.39 is 0 Å². The summed E-state index contributed by atoms with van der Waals surface area (Å²) in [6, 6.07) is 16.7. The third-order valence-corrected chi connectivity index (χ3v) is 6.31. The number of piperidine rings is 1. The number of halogens is 1. The van der Waals surface area contributed by atoms with Gasteiger partial charge in [-0.05, 0) is 42.6 Å². The SMILES string of the molecule is CCN(CCNC(=O)C1CCCN(c2ncc(-c3ccc(F)cc3)cn2)C1)Cc1ccccc1. The summed E-state index contributed by atoms with van der Waals surface area (Å²) in [5, 5.41) is 3.13. The van der Waals surface area contributed by atoms with Crippen LogP contribution in [-0.2, 0) is 11.3 Å². The van der Waals surface area contributed by atoms with E-state index in [0.717, 1.165) is 50.1 Å². The van der Waals surface area contributed by atoms with Crippen molar-refractivity contribution < 1.29 is 9.18 Å². The van der Waals surface area contributed by atoms with Crippen LogP contribution in [-0.4, -0.2) is 53.5 Å². The zero-order valence-electron chi connectivity index (χ0n) is 19.7. The van der Waals surface area contributed by atoms with E-state index in [9.17, 15) is 9.18 Å². The molecule has 1 atom stereocenters. The van der Waals surface area contributed by atoms with Crippen LogP contribution in [0.2, 0.25) is 0 Å². The largest absolute Gasteiger partial charge is 0.355 e. The number of rotatable bonds is 9. The molecule has 1 N–H and O–H groups in total. The van der Waals surface area contributed by atoms with Gasteiger partial charge in [0.1, 0.15) is 5.82 Å². The number of hydrogen-bond donors (Lipinski definition) is 1. The van der Waals surface area contributed by atoms with E-state index in [1.807, 2.05) is 6.07 Å². The molecule has 0 aliphatic carbocycles. The van der Waals surface area contributed by atoms with Crippen LogP contribution in [0, 0.1) is 11.7 Å². The van der Waals surface area contributed by atoms with Crippen molar-refractivity contribution in [3.63, 3.8) is 0 Å². The summed E-state index contributed by atoms with van der Waals surface area (Å²) in [7, 11) is 0. The van der Waals surface area contributed by atoms with Gasteiger partial charge in [-0.1, -0.05) is 49.4 Å². The average Bonchev–Trinajstić information content (AvgIpc) is 2.89. The molecule has 178 valence electrons. The van der Waals surface area contributed by atoms with Gasteiger partial charge in [-0.25, -0.2) is 14.4 Å². The number of nitrogens with one attached hydrogen (secondary N) is 1. The zero-order chi connectivity index (χ0) is 23.8. The smallest absolute Gasteiger partial charge is 0.225 e. The molecule has 2 aromatic carbocycles.